The summed E-state index contributed by atoms with van der Waals surface area (Å²) in [5.41, 5.74) is 3.32. The van der Waals surface area contributed by atoms with Gasteiger partial charge in [-0.15, -0.1) is 11.3 Å². The van der Waals surface area contributed by atoms with Gasteiger partial charge in [0.15, 0.2) is 0 Å². The summed E-state index contributed by atoms with van der Waals surface area (Å²) in [4.78, 5) is 14.3. The van der Waals surface area contributed by atoms with Crippen LogP contribution in [0.15, 0.2) is 66.4 Å². The molecule has 3 heterocycles. The summed E-state index contributed by atoms with van der Waals surface area (Å²) in [5.74, 6) is 0.846. The average molecular weight is 332 g/mol. The van der Waals surface area contributed by atoms with Crippen LogP contribution in [0.2, 0.25) is 0 Å². The summed E-state index contributed by atoms with van der Waals surface area (Å²) < 4.78 is 0. The summed E-state index contributed by atoms with van der Waals surface area (Å²) in [7, 11) is 0. The lowest BCUT2D eigenvalue weighted by atomic mass is 10.1. The number of nitrogens with one attached hydrogen (secondary N) is 1. The zero-order chi connectivity index (χ0) is 16.4. The molecule has 0 spiro atoms. The first-order valence-electron chi connectivity index (χ1n) is 7.78. The molecule has 0 aliphatic heterocycles. The number of anilines is 1. The highest BCUT2D eigenvalue weighted by Crippen LogP contribution is 2.37. The molecule has 4 rings (SSSR count). The van der Waals surface area contributed by atoms with Crippen LogP contribution in [0.3, 0.4) is 0 Å². The Balaban J connectivity index is 1.77. The molecule has 4 aromatic rings. The molecule has 0 bridgehead atoms. The molecular weight excluding hydrogens is 316 g/mol. The van der Waals surface area contributed by atoms with E-state index in [0.29, 0.717) is 0 Å². The van der Waals surface area contributed by atoms with Crippen LogP contribution < -0.4 is 5.32 Å². The molecule has 0 saturated carbocycles. The summed E-state index contributed by atoms with van der Waals surface area (Å²) in [6.45, 7) is 2.09. The molecule has 0 radical (unpaired) electrons. The van der Waals surface area contributed by atoms with Crippen molar-refractivity contribution in [2.24, 2.45) is 0 Å². The molecule has 24 heavy (non-hydrogen) atoms. The van der Waals surface area contributed by atoms with Crippen molar-refractivity contribution in [1.82, 2.24) is 15.0 Å². The van der Waals surface area contributed by atoms with Gasteiger partial charge in [-0.05, 0) is 24.6 Å². The minimum absolute atomic E-state index is 0.0628. The van der Waals surface area contributed by atoms with Gasteiger partial charge in [-0.2, -0.15) is 0 Å². The molecule has 0 fully saturated rings. The lowest BCUT2D eigenvalue weighted by Crippen LogP contribution is -2.09. The standard InChI is InChI=1S/C19H16N4S/c1-13(16-9-5-6-10-20-16)23-18-17-15(14-7-3-2-4-8-14)11-24-19(17)22-12-21-18/h2-13H,1H3,(H,21,22,23)/t13-/m1/s1. The Morgan fingerprint density at radius 1 is 0.958 bits per heavy atom. The van der Waals surface area contributed by atoms with Gasteiger partial charge in [-0.1, -0.05) is 36.4 Å². The zero-order valence-electron chi connectivity index (χ0n) is 13.2. The number of rotatable bonds is 4. The zero-order valence-corrected chi connectivity index (χ0v) is 14.0. The summed E-state index contributed by atoms with van der Waals surface area (Å²) in [6, 6.07) is 16.3. The predicted molar refractivity (Wildman–Crippen MR) is 99.1 cm³/mol. The minimum atomic E-state index is 0.0628. The fourth-order valence-electron chi connectivity index (χ4n) is 2.73. The predicted octanol–water partition coefficient (Wildman–Crippen LogP) is 4.93. The second-order valence-corrected chi connectivity index (χ2v) is 6.40. The molecule has 1 aromatic carbocycles. The second-order valence-electron chi connectivity index (χ2n) is 5.54. The number of thiophene rings is 1. The highest BCUT2D eigenvalue weighted by molar-refractivity contribution is 7.17. The average Bonchev–Trinajstić information content (AvgIpc) is 3.08. The summed E-state index contributed by atoms with van der Waals surface area (Å²) in [5, 5.41) is 6.70. The molecule has 0 amide bonds. The van der Waals surface area contributed by atoms with E-state index in [9.17, 15) is 0 Å². The fraction of sp³-hybridized carbons (Fsp3) is 0.105. The molecule has 118 valence electrons. The minimum Gasteiger partial charge on any atom is -0.361 e. The maximum atomic E-state index is 4.49. The molecule has 1 N–H and O–H groups in total. The lowest BCUT2D eigenvalue weighted by Gasteiger charge is -2.15. The van der Waals surface area contributed by atoms with Crippen molar-refractivity contribution in [2.75, 3.05) is 5.32 Å². The third-order valence-electron chi connectivity index (χ3n) is 3.94. The lowest BCUT2D eigenvalue weighted by molar-refractivity contribution is 0.833. The van der Waals surface area contributed by atoms with Gasteiger partial charge in [0.2, 0.25) is 0 Å². The van der Waals surface area contributed by atoms with E-state index in [1.807, 2.05) is 42.6 Å². The van der Waals surface area contributed by atoms with Gasteiger partial charge in [0, 0.05) is 17.1 Å². The Morgan fingerprint density at radius 2 is 1.79 bits per heavy atom. The number of nitrogens with zero attached hydrogens (tertiary/aromatic N) is 3. The fourth-order valence-corrected chi connectivity index (χ4v) is 3.64. The normalized spacial score (nSPS) is 12.2. The number of hydrogen-bond acceptors (Lipinski definition) is 5. The van der Waals surface area contributed by atoms with Gasteiger partial charge >= 0.3 is 0 Å². The van der Waals surface area contributed by atoms with Gasteiger partial charge in [0.05, 0.1) is 17.1 Å². The Kier molecular flexibility index (Phi) is 3.92. The Hall–Kier alpha value is -2.79. The number of pyridine rings is 1. The molecule has 0 unspecified atom stereocenters. The number of hydrogen-bond donors (Lipinski definition) is 1. The quantitative estimate of drug-likeness (QED) is 0.576. The van der Waals surface area contributed by atoms with Crippen LogP contribution in [0.4, 0.5) is 5.82 Å². The van der Waals surface area contributed by atoms with Crippen LogP contribution in [0.5, 0.6) is 0 Å². The van der Waals surface area contributed by atoms with E-state index in [2.05, 4.69) is 44.7 Å². The van der Waals surface area contributed by atoms with E-state index in [4.69, 9.17) is 0 Å². The van der Waals surface area contributed by atoms with E-state index in [-0.39, 0.29) is 6.04 Å². The first kappa shape index (κ1) is 14.8. The third kappa shape index (κ3) is 2.74. The molecule has 1 atom stereocenters. The highest BCUT2D eigenvalue weighted by atomic mass is 32.1. The van der Waals surface area contributed by atoms with Crippen LogP contribution in [0.1, 0.15) is 18.7 Å². The molecular formula is C19H16N4S. The van der Waals surface area contributed by atoms with Crippen molar-refractivity contribution in [2.45, 2.75) is 13.0 Å². The molecule has 5 heteroatoms. The maximum absolute atomic E-state index is 4.49. The van der Waals surface area contributed by atoms with Gasteiger partial charge < -0.3 is 5.32 Å². The largest absolute Gasteiger partial charge is 0.361 e. The van der Waals surface area contributed by atoms with E-state index in [1.54, 1.807) is 17.7 Å². The van der Waals surface area contributed by atoms with E-state index >= 15 is 0 Å². The van der Waals surface area contributed by atoms with Crippen molar-refractivity contribution in [3.63, 3.8) is 0 Å². The number of benzene rings is 1. The molecule has 0 aliphatic rings. The van der Waals surface area contributed by atoms with Crippen LogP contribution in [-0.4, -0.2) is 15.0 Å². The molecule has 4 nitrogen and oxygen atoms in total. The van der Waals surface area contributed by atoms with Crippen LogP contribution in [0, 0.1) is 0 Å². The molecule has 0 aliphatic carbocycles. The third-order valence-corrected chi connectivity index (χ3v) is 4.83. The van der Waals surface area contributed by atoms with E-state index < -0.39 is 0 Å². The monoisotopic (exact) mass is 332 g/mol. The molecule has 3 aromatic heterocycles. The first-order chi connectivity index (χ1) is 11.8. The Labute approximate surface area is 144 Å². The van der Waals surface area contributed by atoms with Gasteiger partial charge in [0.1, 0.15) is 17.0 Å². The van der Waals surface area contributed by atoms with Crippen molar-refractivity contribution < 1.29 is 0 Å². The first-order valence-corrected chi connectivity index (χ1v) is 8.66. The number of aromatic nitrogens is 3. The maximum Gasteiger partial charge on any atom is 0.139 e. The summed E-state index contributed by atoms with van der Waals surface area (Å²) in [6.07, 6.45) is 3.42. The van der Waals surface area contributed by atoms with Crippen LogP contribution >= 0.6 is 11.3 Å². The topological polar surface area (TPSA) is 50.7 Å². The van der Waals surface area contributed by atoms with Crippen LogP contribution in [-0.2, 0) is 0 Å². The Bertz CT molecular complexity index is 951. The van der Waals surface area contributed by atoms with Gasteiger partial charge in [0.25, 0.3) is 0 Å². The number of fused-ring (bicyclic) bond motifs is 1. The van der Waals surface area contributed by atoms with Crippen LogP contribution in [0.25, 0.3) is 21.3 Å². The van der Waals surface area contributed by atoms with Gasteiger partial charge in [-0.3, -0.25) is 4.98 Å². The van der Waals surface area contributed by atoms with E-state index in [1.165, 1.54) is 5.56 Å². The van der Waals surface area contributed by atoms with Gasteiger partial charge in [-0.25, -0.2) is 9.97 Å². The van der Waals surface area contributed by atoms with Crippen molar-refractivity contribution in [1.29, 1.82) is 0 Å². The van der Waals surface area contributed by atoms with Crippen molar-refractivity contribution >= 4 is 27.4 Å². The van der Waals surface area contributed by atoms with E-state index in [0.717, 1.165) is 27.3 Å². The summed E-state index contributed by atoms with van der Waals surface area (Å²) >= 11 is 1.64. The SMILES string of the molecule is C[C@@H](Nc1ncnc2scc(-c3ccccc3)c12)c1ccccn1. The Morgan fingerprint density at radius 3 is 2.58 bits per heavy atom. The second kappa shape index (κ2) is 6.37. The highest BCUT2D eigenvalue weighted by Gasteiger charge is 2.15. The smallest absolute Gasteiger partial charge is 0.139 e. The van der Waals surface area contributed by atoms with Crippen molar-refractivity contribution in [3.8, 4) is 11.1 Å². The van der Waals surface area contributed by atoms with Crippen molar-refractivity contribution in [3.05, 3.63) is 72.1 Å². The molecule has 0 saturated heterocycles.